The number of rotatable bonds is 15. The zero-order valence-corrected chi connectivity index (χ0v) is 14.1. The molecule has 128 valence electrons. The monoisotopic (exact) mass is 311 g/mol. The Morgan fingerprint density at radius 2 is 1.41 bits per heavy atom. The molecular formula is C18H33NO3. The Balaban J connectivity index is 3.23. The van der Waals surface area contributed by atoms with E-state index in [1.54, 1.807) is 0 Å². The van der Waals surface area contributed by atoms with Crippen LogP contribution in [0.5, 0.6) is 0 Å². The standard InChI is InChI=1S/C18H33NO3/c1-2-3-4-5-6-7-8-9-10-11-12-13-14-15-17(20)19-16-18(21)22/h9-10H,2-8,11-16H2,1H3,(H,19,20)(H,21,22)/b10-9-. The van der Waals surface area contributed by atoms with Crippen molar-refractivity contribution in [3.63, 3.8) is 0 Å². The molecule has 0 atom stereocenters. The van der Waals surface area contributed by atoms with E-state index in [2.05, 4.69) is 24.4 Å². The van der Waals surface area contributed by atoms with E-state index in [1.807, 2.05) is 0 Å². The van der Waals surface area contributed by atoms with E-state index >= 15 is 0 Å². The summed E-state index contributed by atoms with van der Waals surface area (Å²) in [4.78, 5) is 21.5. The maximum absolute atomic E-state index is 11.3. The molecule has 22 heavy (non-hydrogen) atoms. The number of aliphatic carboxylic acids is 1. The topological polar surface area (TPSA) is 66.4 Å². The van der Waals surface area contributed by atoms with Gasteiger partial charge in [0.15, 0.2) is 0 Å². The van der Waals surface area contributed by atoms with Gasteiger partial charge in [0.2, 0.25) is 5.91 Å². The van der Waals surface area contributed by atoms with Gasteiger partial charge >= 0.3 is 5.97 Å². The van der Waals surface area contributed by atoms with Crippen LogP contribution in [0.1, 0.15) is 84.0 Å². The molecule has 4 heteroatoms. The van der Waals surface area contributed by atoms with Crippen LogP contribution in [0.25, 0.3) is 0 Å². The van der Waals surface area contributed by atoms with Crippen molar-refractivity contribution in [3.8, 4) is 0 Å². The van der Waals surface area contributed by atoms with Gasteiger partial charge in [-0.25, -0.2) is 0 Å². The fraction of sp³-hybridized carbons (Fsp3) is 0.778. The summed E-state index contributed by atoms with van der Waals surface area (Å²) in [6.45, 7) is 1.96. The van der Waals surface area contributed by atoms with Crippen LogP contribution in [0.2, 0.25) is 0 Å². The number of carboxylic acids is 1. The van der Waals surface area contributed by atoms with Crippen molar-refractivity contribution in [1.29, 1.82) is 0 Å². The highest BCUT2D eigenvalue weighted by molar-refractivity contribution is 5.80. The highest BCUT2D eigenvalue weighted by atomic mass is 16.4. The van der Waals surface area contributed by atoms with E-state index < -0.39 is 5.97 Å². The first-order chi connectivity index (χ1) is 10.7. The third-order valence-corrected chi connectivity index (χ3v) is 3.60. The van der Waals surface area contributed by atoms with Gasteiger partial charge in [-0.1, -0.05) is 57.6 Å². The third kappa shape index (κ3) is 16.7. The first-order valence-electron chi connectivity index (χ1n) is 8.80. The molecule has 1 amide bonds. The number of hydrogen-bond acceptors (Lipinski definition) is 2. The number of amides is 1. The molecule has 4 nitrogen and oxygen atoms in total. The molecule has 0 bridgehead atoms. The van der Waals surface area contributed by atoms with E-state index in [-0.39, 0.29) is 12.5 Å². The predicted molar refractivity (Wildman–Crippen MR) is 90.9 cm³/mol. The zero-order chi connectivity index (χ0) is 16.5. The average molecular weight is 311 g/mol. The third-order valence-electron chi connectivity index (χ3n) is 3.60. The molecule has 2 N–H and O–H groups in total. The van der Waals surface area contributed by atoms with Gasteiger partial charge in [0.05, 0.1) is 0 Å². The number of nitrogens with one attached hydrogen (secondary N) is 1. The molecule has 0 fully saturated rings. The predicted octanol–water partition coefficient (Wildman–Crippen LogP) is 4.44. The van der Waals surface area contributed by atoms with Crippen LogP contribution in [0.4, 0.5) is 0 Å². The van der Waals surface area contributed by atoms with Crippen molar-refractivity contribution in [2.24, 2.45) is 0 Å². The Morgan fingerprint density at radius 3 is 2.00 bits per heavy atom. The molecule has 0 radical (unpaired) electrons. The summed E-state index contributed by atoms with van der Waals surface area (Å²) in [7, 11) is 0. The summed E-state index contributed by atoms with van der Waals surface area (Å²) in [5.74, 6) is -1.16. The molecule has 0 aliphatic carbocycles. The lowest BCUT2D eigenvalue weighted by Crippen LogP contribution is -2.28. The van der Waals surface area contributed by atoms with Gasteiger partial charge in [-0.3, -0.25) is 9.59 Å². The number of carbonyl (C=O) groups excluding carboxylic acids is 1. The number of unbranched alkanes of at least 4 members (excludes halogenated alkanes) is 9. The van der Waals surface area contributed by atoms with E-state index in [9.17, 15) is 9.59 Å². The molecule has 0 heterocycles. The molecule has 0 saturated heterocycles. The Kier molecular flexibility index (Phi) is 15.1. The lowest BCUT2D eigenvalue weighted by molar-refractivity contribution is -0.137. The Morgan fingerprint density at radius 1 is 0.864 bits per heavy atom. The molecular weight excluding hydrogens is 278 g/mol. The van der Waals surface area contributed by atoms with E-state index in [0.717, 1.165) is 25.7 Å². The molecule has 0 aliphatic heterocycles. The van der Waals surface area contributed by atoms with Gasteiger partial charge in [0.25, 0.3) is 0 Å². The quantitative estimate of drug-likeness (QED) is 0.347. The second kappa shape index (κ2) is 16.1. The van der Waals surface area contributed by atoms with Crippen molar-refractivity contribution >= 4 is 11.9 Å². The Bertz CT molecular complexity index is 313. The van der Waals surface area contributed by atoms with Crippen molar-refractivity contribution < 1.29 is 14.7 Å². The van der Waals surface area contributed by atoms with Crippen LogP contribution in [0.15, 0.2) is 12.2 Å². The summed E-state index contributed by atoms with van der Waals surface area (Å²) < 4.78 is 0. The van der Waals surface area contributed by atoms with Crippen molar-refractivity contribution in [3.05, 3.63) is 12.2 Å². The van der Waals surface area contributed by atoms with Crippen LogP contribution in [0.3, 0.4) is 0 Å². The number of hydrogen-bond donors (Lipinski definition) is 2. The summed E-state index contributed by atoms with van der Waals surface area (Å²) in [6, 6.07) is 0. The fourth-order valence-electron chi connectivity index (χ4n) is 2.27. The lowest BCUT2D eigenvalue weighted by atomic mass is 10.1. The largest absolute Gasteiger partial charge is 0.480 e. The number of carboxylic acid groups (broad SMARTS) is 1. The van der Waals surface area contributed by atoms with Gasteiger partial charge in [-0.05, 0) is 32.1 Å². The molecule has 0 rings (SSSR count). The SMILES string of the molecule is CCCCCCCC/C=C\CCCCCC(=O)NCC(=O)O. The van der Waals surface area contributed by atoms with Gasteiger partial charge in [0, 0.05) is 6.42 Å². The van der Waals surface area contributed by atoms with E-state index in [4.69, 9.17) is 5.11 Å². The molecule has 0 aliphatic rings. The maximum atomic E-state index is 11.3. The van der Waals surface area contributed by atoms with Crippen LogP contribution in [-0.4, -0.2) is 23.5 Å². The van der Waals surface area contributed by atoms with Gasteiger partial charge in [0.1, 0.15) is 6.54 Å². The van der Waals surface area contributed by atoms with Gasteiger partial charge in [-0.2, -0.15) is 0 Å². The number of allylic oxidation sites excluding steroid dienone is 2. The second-order valence-electron chi connectivity index (χ2n) is 5.80. The first-order valence-corrected chi connectivity index (χ1v) is 8.80. The summed E-state index contributed by atoms with van der Waals surface area (Å²) in [5, 5.41) is 10.8. The van der Waals surface area contributed by atoms with Crippen molar-refractivity contribution in [2.45, 2.75) is 84.0 Å². The minimum atomic E-state index is -0.996. The van der Waals surface area contributed by atoms with Crippen LogP contribution in [0, 0.1) is 0 Å². The molecule has 0 unspecified atom stereocenters. The minimum absolute atomic E-state index is 0.166. The van der Waals surface area contributed by atoms with Crippen molar-refractivity contribution in [1.82, 2.24) is 5.32 Å². The second-order valence-corrected chi connectivity index (χ2v) is 5.80. The summed E-state index contributed by atoms with van der Waals surface area (Å²) in [5.41, 5.74) is 0. The van der Waals surface area contributed by atoms with Gasteiger partial charge in [-0.15, -0.1) is 0 Å². The summed E-state index contributed by atoms with van der Waals surface area (Å²) >= 11 is 0. The lowest BCUT2D eigenvalue weighted by Gasteiger charge is -2.01. The van der Waals surface area contributed by atoms with E-state index in [0.29, 0.717) is 6.42 Å². The molecule has 0 aromatic heterocycles. The molecule has 0 aromatic rings. The van der Waals surface area contributed by atoms with Crippen LogP contribution in [-0.2, 0) is 9.59 Å². The highest BCUT2D eigenvalue weighted by Gasteiger charge is 2.02. The summed E-state index contributed by atoms with van der Waals surface area (Å²) in [6.07, 6.45) is 18.2. The first kappa shape index (κ1) is 20.7. The van der Waals surface area contributed by atoms with Crippen LogP contribution < -0.4 is 5.32 Å². The van der Waals surface area contributed by atoms with Crippen molar-refractivity contribution in [2.75, 3.05) is 6.54 Å². The number of carbonyl (C=O) groups is 2. The van der Waals surface area contributed by atoms with E-state index in [1.165, 1.54) is 44.9 Å². The normalized spacial score (nSPS) is 11.0. The maximum Gasteiger partial charge on any atom is 0.322 e. The molecule has 0 spiro atoms. The van der Waals surface area contributed by atoms with Gasteiger partial charge < -0.3 is 10.4 Å². The smallest absolute Gasteiger partial charge is 0.322 e. The van der Waals surface area contributed by atoms with Crippen LogP contribution >= 0.6 is 0 Å². The molecule has 0 saturated carbocycles. The Hall–Kier alpha value is -1.32. The molecule has 0 aromatic carbocycles. The average Bonchev–Trinajstić information content (AvgIpc) is 2.49. The minimum Gasteiger partial charge on any atom is -0.480 e. The fourth-order valence-corrected chi connectivity index (χ4v) is 2.27. The Labute approximate surface area is 135 Å². The zero-order valence-electron chi connectivity index (χ0n) is 14.1. The highest BCUT2D eigenvalue weighted by Crippen LogP contribution is 2.08.